The largest absolute Gasteiger partial charge is 0.497 e. The zero-order chi connectivity index (χ0) is 25.3. The molecule has 0 fully saturated rings. The Morgan fingerprint density at radius 2 is 1.69 bits per heavy atom. The van der Waals surface area contributed by atoms with Crippen LogP contribution < -0.4 is 15.5 Å². The Bertz CT molecular complexity index is 1640. The van der Waals surface area contributed by atoms with Gasteiger partial charge in [0.15, 0.2) is 20.8 Å². The van der Waals surface area contributed by atoms with Crippen molar-refractivity contribution in [2.45, 2.75) is 4.90 Å². The molecule has 0 aliphatic carbocycles. The Labute approximate surface area is 199 Å². The average Bonchev–Trinajstić information content (AvgIpc) is 2.83. The molecular weight excluding hydrogens is 474 g/mol. The molecule has 0 saturated carbocycles. The molecule has 178 valence electrons. The maximum absolute atomic E-state index is 12.9. The number of methoxy groups -OCH3 is 1. The molecule has 0 bridgehead atoms. The van der Waals surface area contributed by atoms with E-state index in [1.807, 2.05) is 0 Å². The highest BCUT2D eigenvalue weighted by Gasteiger charge is 2.18. The molecule has 0 unspecified atom stereocenters. The van der Waals surface area contributed by atoms with Crippen LogP contribution in [0.25, 0.3) is 22.1 Å². The number of anilines is 1. The van der Waals surface area contributed by atoms with Gasteiger partial charge in [-0.2, -0.15) is 0 Å². The van der Waals surface area contributed by atoms with Crippen molar-refractivity contribution in [3.8, 4) is 16.9 Å². The lowest BCUT2D eigenvalue weighted by molar-refractivity contribution is 0.0663. The van der Waals surface area contributed by atoms with E-state index in [9.17, 15) is 27.9 Å². The van der Waals surface area contributed by atoms with Gasteiger partial charge in [0, 0.05) is 17.9 Å². The molecule has 0 aliphatic heterocycles. The van der Waals surface area contributed by atoms with Crippen LogP contribution in [0.5, 0.6) is 5.75 Å². The Hall–Kier alpha value is -4.44. The summed E-state index contributed by atoms with van der Waals surface area (Å²) in [7, 11) is -2.00. The minimum Gasteiger partial charge on any atom is -0.497 e. The highest BCUT2D eigenvalue weighted by atomic mass is 32.2. The fourth-order valence-corrected chi connectivity index (χ4v) is 4.13. The van der Waals surface area contributed by atoms with Crippen LogP contribution in [0.4, 0.5) is 5.69 Å². The van der Waals surface area contributed by atoms with Crippen LogP contribution >= 0.6 is 0 Å². The van der Waals surface area contributed by atoms with Crippen molar-refractivity contribution in [2.24, 2.45) is 0 Å². The molecular formula is C25H19NO8S. The number of rotatable bonds is 6. The first-order valence-electron chi connectivity index (χ1n) is 10.2. The fraction of sp³-hybridized carbons (Fsp3) is 0.0800. The first-order chi connectivity index (χ1) is 16.6. The van der Waals surface area contributed by atoms with Gasteiger partial charge in [-0.3, -0.25) is 9.59 Å². The molecule has 1 aromatic heterocycles. The van der Waals surface area contributed by atoms with Crippen molar-refractivity contribution in [3.05, 3.63) is 88.3 Å². The number of sulfone groups is 1. The normalized spacial score (nSPS) is 11.3. The molecule has 0 aliphatic rings. The van der Waals surface area contributed by atoms with Crippen LogP contribution in [0.1, 0.15) is 20.9 Å². The quantitative estimate of drug-likeness (QED) is 0.413. The molecule has 1 amide bonds. The summed E-state index contributed by atoms with van der Waals surface area (Å²) in [6.45, 7) is 0. The maximum Gasteiger partial charge on any atom is 0.371 e. The van der Waals surface area contributed by atoms with E-state index in [4.69, 9.17) is 9.15 Å². The predicted octanol–water partition coefficient (Wildman–Crippen LogP) is 3.82. The number of carboxylic acid groups (broad SMARTS) is 1. The number of carbonyl (C=O) groups is 2. The van der Waals surface area contributed by atoms with E-state index < -0.39 is 32.9 Å². The third-order valence-corrected chi connectivity index (χ3v) is 6.35. The zero-order valence-corrected chi connectivity index (χ0v) is 19.4. The molecule has 35 heavy (non-hydrogen) atoms. The van der Waals surface area contributed by atoms with Crippen molar-refractivity contribution in [1.29, 1.82) is 0 Å². The number of ether oxygens (including phenoxy) is 1. The van der Waals surface area contributed by atoms with Gasteiger partial charge in [-0.1, -0.05) is 12.1 Å². The molecule has 1 heterocycles. The predicted molar refractivity (Wildman–Crippen MR) is 129 cm³/mol. The van der Waals surface area contributed by atoms with Gasteiger partial charge < -0.3 is 19.6 Å². The molecule has 0 atom stereocenters. The first-order valence-corrected chi connectivity index (χ1v) is 12.1. The Morgan fingerprint density at radius 1 is 0.971 bits per heavy atom. The summed E-state index contributed by atoms with van der Waals surface area (Å²) in [6.07, 6.45) is 1.08. The van der Waals surface area contributed by atoms with E-state index in [1.165, 1.54) is 43.5 Å². The lowest BCUT2D eigenvalue weighted by Crippen LogP contribution is -2.14. The Kier molecular flexibility index (Phi) is 6.14. The van der Waals surface area contributed by atoms with Crippen LogP contribution in [-0.4, -0.2) is 38.8 Å². The van der Waals surface area contributed by atoms with Gasteiger partial charge in [-0.05, 0) is 59.7 Å². The van der Waals surface area contributed by atoms with Crippen molar-refractivity contribution in [1.82, 2.24) is 0 Å². The third-order valence-electron chi connectivity index (χ3n) is 5.24. The summed E-state index contributed by atoms with van der Waals surface area (Å²) in [6, 6.07) is 16.2. The van der Waals surface area contributed by atoms with Gasteiger partial charge in [0.2, 0.25) is 5.76 Å². The number of carboxylic acids is 1. The Morgan fingerprint density at radius 3 is 2.31 bits per heavy atom. The second kappa shape index (κ2) is 9.07. The van der Waals surface area contributed by atoms with Crippen molar-refractivity contribution < 1.29 is 32.3 Å². The van der Waals surface area contributed by atoms with E-state index in [2.05, 4.69) is 5.32 Å². The maximum atomic E-state index is 12.9. The van der Waals surface area contributed by atoms with Gasteiger partial charge in [0.1, 0.15) is 5.75 Å². The molecule has 4 aromatic rings. The van der Waals surface area contributed by atoms with Crippen LogP contribution in [0.3, 0.4) is 0 Å². The van der Waals surface area contributed by atoms with Crippen LogP contribution in [0, 0.1) is 0 Å². The number of fused-ring (bicyclic) bond motifs is 1. The number of amides is 1. The molecule has 0 saturated heterocycles. The van der Waals surface area contributed by atoms with Crippen LogP contribution in [0.2, 0.25) is 0 Å². The molecule has 3 aromatic carbocycles. The topological polar surface area (TPSA) is 140 Å². The Balaban J connectivity index is 1.90. The molecule has 4 rings (SSSR count). The fourth-order valence-electron chi connectivity index (χ4n) is 3.47. The summed E-state index contributed by atoms with van der Waals surface area (Å²) in [4.78, 5) is 37.2. The van der Waals surface area contributed by atoms with Gasteiger partial charge in [0.05, 0.1) is 23.1 Å². The van der Waals surface area contributed by atoms with Gasteiger partial charge in [0.25, 0.3) is 5.91 Å². The van der Waals surface area contributed by atoms with Crippen LogP contribution in [0.15, 0.2) is 80.8 Å². The minimum absolute atomic E-state index is 0.0160. The van der Waals surface area contributed by atoms with E-state index in [1.54, 1.807) is 24.3 Å². The van der Waals surface area contributed by atoms with E-state index in [-0.39, 0.29) is 27.1 Å². The summed E-state index contributed by atoms with van der Waals surface area (Å²) in [5, 5.41) is 12.0. The highest BCUT2D eigenvalue weighted by molar-refractivity contribution is 7.90. The lowest BCUT2D eigenvalue weighted by atomic mass is 10.0. The lowest BCUT2D eigenvalue weighted by Gasteiger charge is -2.12. The first kappa shape index (κ1) is 23.7. The third kappa shape index (κ3) is 4.92. The smallest absolute Gasteiger partial charge is 0.371 e. The number of nitrogens with one attached hydrogen (secondary N) is 1. The molecule has 2 N–H and O–H groups in total. The summed E-state index contributed by atoms with van der Waals surface area (Å²) in [5.74, 6) is -2.02. The van der Waals surface area contributed by atoms with Crippen molar-refractivity contribution >= 4 is 38.4 Å². The standard InChI is InChI=1S/C25H19NO8S/c1-33-17-8-6-14(7-9-17)24(28)26-20-12-16(15-4-3-5-18(10-15)35(2,31)32)11-19-21(27)13-22(25(29)30)34-23(19)20/h3-13H,1-2H3,(H,26,28)(H,29,30). The molecule has 0 radical (unpaired) electrons. The number of hydrogen-bond donors (Lipinski definition) is 2. The SMILES string of the molecule is COc1ccc(C(=O)Nc2cc(-c3cccc(S(C)(=O)=O)c3)cc3c(=O)cc(C(=O)O)oc23)cc1. The summed E-state index contributed by atoms with van der Waals surface area (Å²) >= 11 is 0. The van der Waals surface area contributed by atoms with Crippen molar-refractivity contribution in [3.63, 3.8) is 0 Å². The van der Waals surface area contributed by atoms with E-state index in [0.29, 0.717) is 16.9 Å². The number of aromatic carboxylic acids is 1. The summed E-state index contributed by atoms with van der Waals surface area (Å²) < 4.78 is 34.6. The molecule has 0 spiro atoms. The van der Waals surface area contributed by atoms with E-state index >= 15 is 0 Å². The summed E-state index contributed by atoms with van der Waals surface area (Å²) in [5.41, 5.74) is 0.452. The average molecular weight is 493 g/mol. The second-order valence-electron chi connectivity index (χ2n) is 7.66. The molecule has 9 nitrogen and oxygen atoms in total. The number of benzene rings is 3. The minimum atomic E-state index is -3.50. The van der Waals surface area contributed by atoms with Crippen molar-refractivity contribution in [2.75, 3.05) is 18.7 Å². The van der Waals surface area contributed by atoms with Gasteiger partial charge in [-0.15, -0.1) is 0 Å². The van der Waals surface area contributed by atoms with Crippen LogP contribution in [-0.2, 0) is 9.84 Å². The second-order valence-corrected chi connectivity index (χ2v) is 9.68. The zero-order valence-electron chi connectivity index (χ0n) is 18.6. The van der Waals surface area contributed by atoms with Gasteiger partial charge in [-0.25, -0.2) is 13.2 Å². The monoisotopic (exact) mass is 493 g/mol. The highest BCUT2D eigenvalue weighted by Crippen LogP contribution is 2.32. The van der Waals surface area contributed by atoms with E-state index in [0.717, 1.165) is 12.3 Å². The van der Waals surface area contributed by atoms with Gasteiger partial charge >= 0.3 is 5.97 Å². The molecule has 10 heteroatoms. The number of hydrogen-bond acceptors (Lipinski definition) is 7. The number of carbonyl (C=O) groups excluding carboxylic acids is 1.